The number of rotatable bonds is 3. The average molecular weight is 311 g/mol. The van der Waals surface area contributed by atoms with E-state index in [-0.39, 0.29) is 12.1 Å². The largest absolute Gasteiger partial charge is 0.444 e. The Balaban J connectivity index is 1.89. The second kappa shape index (κ2) is 6.75. The summed E-state index contributed by atoms with van der Waals surface area (Å²) in [7, 11) is 1.84. The molecule has 2 heterocycles. The number of piperidine rings is 1. The number of thiazole rings is 1. The molecule has 1 amide bonds. The van der Waals surface area contributed by atoms with E-state index in [1.54, 1.807) is 16.2 Å². The number of aromatic nitrogens is 1. The van der Waals surface area contributed by atoms with E-state index in [0.29, 0.717) is 0 Å². The lowest BCUT2D eigenvalue weighted by atomic mass is 10.0. The van der Waals surface area contributed by atoms with Gasteiger partial charge in [-0.1, -0.05) is 0 Å². The van der Waals surface area contributed by atoms with Crippen LogP contribution in [0.4, 0.5) is 4.79 Å². The second-order valence-electron chi connectivity index (χ2n) is 6.59. The lowest BCUT2D eigenvalue weighted by Crippen LogP contribution is -2.49. The highest BCUT2D eigenvalue weighted by molar-refractivity contribution is 7.09. The van der Waals surface area contributed by atoms with Crippen molar-refractivity contribution in [2.45, 2.75) is 51.8 Å². The van der Waals surface area contributed by atoms with Crippen molar-refractivity contribution in [2.75, 3.05) is 20.1 Å². The Morgan fingerprint density at radius 2 is 2.33 bits per heavy atom. The molecule has 0 unspecified atom stereocenters. The summed E-state index contributed by atoms with van der Waals surface area (Å²) in [6.07, 6.45) is 3.84. The number of hydrogen-bond donors (Lipinski definition) is 0. The Kier molecular flexibility index (Phi) is 5.22. The molecule has 0 saturated carbocycles. The standard InChI is InChI=1S/C15H25N3O2S/c1-15(2,3)20-14(19)17(4)12-6-5-7-18(9-12)10-13-8-16-11-21-13/h8,11-12H,5-7,9-10H2,1-4H3/t12-/m1/s1. The van der Waals surface area contributed by atoms with Gasteiger partial charge in [0.2, 0.25) is 0 Å². The van der Waals surface area contributed by atoms with Crippen LogP contribution >= 0.6 is 11.3 Å². The molecule has 6 heteroatoms. The van der Waals surface area contributed by atoms with Crippen LogP contribution in [0.3, 0.4) is 0 Å². The number of hydrogen-bond acceptors (Lipinski definition) is 5. The smallest absolute Gasteiger partial charge is 0.410 e. The molecule has 0 aromatic carbocycles. The molecule has 0 bridgehead atoms. The molecule has 2 rings (SSSR count). The van der Waals surface area contributed by atoms with E-state index in [0.717, 1.165) is 32.5 Å². The Morgan fingerprint density at radius 3 is 2.95 bits per heavy atom. The highest BCUT2D eigenvalue weighted by Gasteiger charge is 2.29. The van der Waals surface area contributed by atoms with Gasteiger partial charge in [0.25, 0.3) is 0 Å². The van der Waals surface area contributed by atoms with Crippen molar-refractivity contribution >= 4 is 17.4 Å². The van der Waals surface area contributed by atoms with Gasteiger partial charge in [-0.05, 0) is 40.2 Å². The Hall–Kier alpha value is -1.14. The molecule has 0 spiro atoms. The van der Waals surface area contributed by atoms with Crippen LogP contribution < -0.4 is 0 Å². The normalized spacial score (nSPS) is 20.3. The van der Waals surface area contributed by atoms with Crippen LogP contribution in [0, 0.1) is 0 Å². The third-order valence-electron chi connectivity index (χ3n) is 3.57. The van der Waals surface area contributed by atoms with Gasteiger partial charge in [-0.3, -0.25) is 9.88 Å². The maximum atomic E-state index is 12.2. The van der Waals surface area contributed by atoms with Gasteiger partial charge >= 0.3 is 6.09 Å². The molecule has 1 aliphatic heterocycles. The molecule has 0 radical (unpaired) electrons. The van der Waals surface area contributed by atoms with Crippen LogP contribution in [0.5, 0.6) is 0 Å². The molecular formula is C15H25N3O2S. The molecule has 5 nitrogen and oxygen atoms in total. The van der Waals surface area contributed by atoms with Gasteiger partial charge in [0.05, 0.1) is 5.51 Å². The van der Waals surface area contributed by atoms with E-state index >= 15 is 0 Å². The van der Waals surface area contributed by atoms with Crippen molar-refractivity contribution in [2.24, 2.45) is 0 Å². The first kappa shape index (κ1) is 16.2. The van der Waals surface area contributed by atoms with Gasteiger partial charge < -0.3 is 9.64 Å². The van der Waals surface area contributed by atoms with E-state index in [4.69, 9.17) is 4.74 Å². The zero-order chi connectivity index (χ0) is 15.5. The van der Waals surface area contributed by atoms with Crippen LogP contribution in [0.15, 0.2) is 11.7 Å². The van der Waals surface area contributed by atoms with Crippen molar-refractivity contribution in [1.82, 2.24) is 14.8 Å². The molecule has 0 N–H and O–H groups in total. The zero-order valence-corrected chi connectivity index (χ0v) is 14.2. The Bertz CT molecular complexity index is 456. The Labute approximate surface area is 130 Å². The molecular weight excluding hydrogens is 286 g/mol. The summed E-state index contributed by atoms with van der Waals surface area (Å²) in [6.45, 7) is 8.59. The number of likely N-dealkylation sites (N-methyl/N-ethyl adjacent to an activating group) is 1. The first-order valence-electron chi connectivity index (χ1n) is 7.41. The van der Waals surface area contributed by atoms with E-state index in [1.165, 1.54) is 4.88 Å². The SMILES string of the molecule is CN(C(=O)OC(C)(C)C)[C@@H]1CCCN(Cc2cncs2)C1. The third-order valence-corrected chi connectivity index (χ3v) is 4.34. The fraction of sp³-hybridized carbons (Fsp3) is 0.733. The predicted octanol–water partition coefficient (Wildman–Crippen LogP) is 2.97. The first-order chi connectivity index (χ1) is 9.85. The fourth-order valence-corrected chi connectivity index (χ4v) is 3.15. The molecule has 1 aromatic heterocycles. The minimum Gasteiger partial charge on any atom is -0.444 e. The summed E-state index contributed by atoms with van der Waals surface area (Å²) in [4.78, 5) is 21.7. The molecule has 0 aliphatic carbocycles. The number of carbonyl (C=O) groups excluding carboxylic acids is 1. The molecule has 1 saturated heterocycles. The van der Waals surface area contributed by atoms with Crippen molar-refractivity contribution in [3.05, 3.63) is 16.6 Å². The van der Waals surface area contributed by atoms with Gasteiger partial charge in [-0.15, -0.1) is 11.3 Å². The monoisotopic (exact) mass is 311 g/mol. The van der Waals surface area contributed by atoms with Crippen molar-refractivity contribution in [3.63, 3.8) is 0 Å². The van der Waals surface area contributed by atoms with Crippen molar-refractivity contribution < 1.29 is 9.53 Å². The Morgan fingerprint density at radius 1 is 1.57 bits per heavy atom. The fourth-order valence-electron chi connectivity index (χ4n) is 2.51. The highest BCUT2D eigenvalue weighted by atomic mass is 32.1. The minimum absolute atomic E-state index is 0.224. The lowest BCUT2D eigenvalue weighted by Gasteiger charge is -2.37. The summed E-state index contributed by atoms with van der Waals surface area (Å²) in [6, 6.07) is 0.224. The highest BCUT2D eigenvalue weighted by Crippen LogP contribution is 2.20. The van der Waals surface area contributed by atoms with Crippen LogP contribution in [-0.4, -0.2) is 52.7 Å². The predicted molar refractivity (Wildman–Crippen MR) is 84.4 cm³/mol. The number of ether oxygens (including phenoxy) is 1. The van der Waals surface area contributed by atoms with Gasteiger partial charge in [0.1, 0.15) is 5.60 Å². The van der Waals surface area contributed by atoms with E-state index in [2.05, 4.69) is 9.88 Å². The topological polar surface area (TPSA) is 45.7 Å². The molecule has 21 heavy (non-hydrogen) atoms. The summed E-state index contributed by atoms with van der Waals surface area (Å²) < 4.78 is 5.45. The maximum Gasteiger partial charge on any atom is 0.410 e. The van der Waals surface area contributed by atoms with Crippen LogP contribution in [0.1, 0.15) is 38.5 Å². The molecule has 1 aromatic rings. The number of likely N-dealkylation sites (tertiary alicyclic amines) is 1. The third kappa shape index (κ3) is 4.97. The van der Waals surface area contributed by atoms with Gasteiger partial charge in [-0.25, -0.2) is 4.79 Å². The van der Waals surface area contributed by atoms with Gasteiger partial charge in [-0.2, -0.15) is 0 Å². The molecule has 118 valence electrons. The maximum absolute atomic E-state index is 12.2. The lowest BCUT2D eigenvalue weighted by molar-refractivity contribution is 0.0130. The molecule has 1 aliphatic rings. The van der Waals surface area contributed by atoms with Crippen LogP contribution in [-0.2, 0) is 11.3 Å². The second-order valence-corrected chi connectivity index (χ2v) is 7.56. The number of carbonyl (C=O) groups is 1. The average Bonchev–Trinajstić information content (AvgIpc) is 2.89. The van der Waals surface area contributed by atoms with Gasteiger partial charge in [0.15, 0.2) is 0 Å². The van der Waals surface area contributed by atoms with E-state index in [9.17, 15) is 4.79 Å². The first-order valence-corrected chi connectivity index (χ1v) is 8.28. The number of nitrogens with zero attached hydrogens (tertiary/aromatic N) is 3. The van der Waals surface area contributed by atoms with Crippen molar-refractivity contribution in [1.29, 1.82) is 0 Å². The minimum atomic E-state index is -0.442. The number of amides is 1. The quantitative estimate of drug-likeness (QED) is 0.861. The summed E-state index contributed by atoms with van der Waals surface area (Å²) in [5.74, 6) is 0. The van der Waals surface area contributed by atoms with Crippen molar-refractivity contribution in [3.8, 4) is 0 Å². The van der Waals surface area contributed by atoms with Gasteiger partial charge in [0, 0.05) is 37.3 Å². The summed E-state index contributed by atoms with van der Waals surface area (Å²) >= 11 is 1.68. The van der Waals surface area contributed by atoms with E-state index < -0.39 is 5.60 Å². The summed E-state index contributed by atoms with van der Waals surface area (Å²) in [5.41, 5.74) is 1.42. The zero-order valence-electron chi connectivity index (χ0n) is 13.3. The molecule has 1 atom stereocenters. The van der Waals surface area contributed by atoms with Crippen LogP contribution in [0.25, 0.3) is 0 Å². The molecule has 1 fully saturated rings. The van der Waals surface area contributed by atoms with Crippen LogP contribution in [0.2, 0.25) is 0 Å². The summed E-state index contributed by atoms with van der Waals surface area (Å²) in [5, 5.41) is 0. The van der Waals surface area contributed by atoms with E-state index in [1.807, 2.05) is 39.5 Å².